The van der Waals surface area contributed by atoms with Gasteiger partial charge in [-0.1, -0.05) is 94.0 Å². The quantitative estimate of drug-likeness (QED) is 0.0981. The molecule has 2 aliphatic heterocycles. The molecule has 0 radical (unpaired) electrons. The van der Waals surface area contributed by atoms with E-state index in [1.54, 1.807) is 30.3 Å². The van der Waals surface area contributed by atoms with Gasteiger partial charge < -0.3 is 37.6 Å². The second kappa shape index (κ2) is 16.9. The van der Waals surface area contributed by atoms with Crippen molar-refractivity contribution in [3.05, 3.63) is 59.7 Å². The number of aliphatic hydroxyl groups is 1. The number of hydrogen-bond acceptors (Lipinski definition) is 10. The topological polar surface area (TPSA) is 119 Å². The summed E-state index contributed by atoms with van der Waals surface area (Å²) in [5.41, 5.74) is -2.86. The van der Waals surface area contributed by atoms with Gasteiger partial charge in [-0.3, -0.25) is 4.79 Å². The second-order valence-electron chi connectivity index (χ2n) is 18.5. The van der Waals surface area contributed by atoms with Crippen molar-refractivity contribution in [3.63, 3.8) is 0 Å². The number of carbonyl (C=O) groups is 2. The summed E-state index contributed by atoms with van der Waals surface area (Å²) in [6, 6.07) is 14.4. The van der Waals surface area contributed by atoms with Gasteiger partial charge in [0.15, 0.2) is 28.5 Å². The molecule has 5 aliphatic rings. The molecule has 2 heterocycles. The molecule has 58 heavy (non-hydrogen) atoms. The van der Waals surface area contributed by atoms with E-state index in [1.165, 1.54) is 0 Å². The maximum atomic E-state index is 14.7. The fourth-order valence-electron chi connectivity index (χ4n) is 11.7. The highest BCUT2D eigenvalue weighted by atomic mass is 28.4. The molecular formula is C46H72O10Si2. The highest BCUT2D eigenvalue weighted by molar-refractivity contribution is 6.74. The Bertz CT molecular complexity index is 1670. The number of rotatable bonds is 16. The molecule has 2 bridgehead atoms. The van der Waals surface area contributed by atoms with E-state index in [1.807, 2.05) is 26.8 Å². The summed E-state index contributed by atoms with van der Waals surface area (Å²) in [4.78, 5) is 28.7. The monoisotopic (exact) mass is 840 g/mol. The van der Waals surface area contributed by atoms with Crippen molar-refractivity contribution in [2.24, 2.45) is 16.7 Å². The van der Waals surface area contributed by atoms with Crippen molar-refractivity contribution < 1.29 is 47.2 Å². The summed E-state index contributed by atoms with van der Waals surface area (Å²) in [7, 11) is -4.62. The number of benzene rings is 1. The van der Waals surface area contributed by atoms with Crippen LogP contribution in [0.5, 0.6) is 0 Å². The zero-order valence-electron chi connectivity index (χ0n) is 37.2. The lowest BCUT2D eigenvalue weighted by molar-refractivity contribution is -0.360. The van der Waals surface area contributed by atoms with Crippen molar-refractivity contribution in [3.8, 4) is 0 Å². The van der Waals surface area contributed by atoms with Crippen LogP contribution in [-0.4, -0.2) is 94.4 Å². The molecule has 4 fully saturated rings. The number of carbonyl (C=O) groups excluding carboxylic acids is 2. The fourth-order valence-corrected chi connectivity index (χ4v) is 17.5. The molecule has 1 N–H and O–H groups in total. The normalized spacial score (nSPS) is 36.7. The molecule has 0 amide bonds. The van der Waals surface area contributed by atoms with Crippen LogP contribution < -0.4 is 0 Å². The molecule has 1 aromatic rings. The van der Waals surface area contributed by atoms with Gasteiger partial charge in [0.2, 0.25) is 0 Å². The Hall–Kier alpha value is -2.17. The molecule has 3 aliphatic carbocycles. The number of ether oxygens (including phenoxy) is 5. The molecule has 2 saturated heterocycles. The first-order valence-electron chi connectivity index (χ1n) is 22.3. The first-order chi connectivity index (χ1) is 27.5. The van der Waals surface area contributed by atoms with Gasteiger partial charge in [-0.05, 0) is 79.0 Å². The molecule has 6 rings (SSSR count). The Balaban J connectivity index is 1.71. The molecule has 1 aromatic carbocycles. The van der Waals surface area contributed by atoms with E-state index in [0.29, 0.717) is 18.4 Å². The highest BCUT2D eigenvalue weighted by Gasteiger charge is 2.79. The predicted octanol–water partition coefficient (Wildman–Crippen LogP) is 9.29. The standard InChI is InChI=1S/C46H72O10Si2/c1-13-24-35(47)54-45-29-50-34(45)27-33(56-58(18-6,19-7)20-8)44(12)39(45)41(53-42(48)31-25-22-21-23-26-31)46(49)28-32(55-57(15-3,16-4)17-5)30(9)37(43(46,10)11)38-40(44)52-36(14-2)51-38/h14,21-23,25-26,32-34,36,38-41,49H,2,13,15-20,24,27-29H2,1,3-12H3/t32?,33?,34?,36?,38?,39?,40?,41?,44-,45?,46?/m1/s1. The molecule has 324 valence electrons. The molecule has 0 spiro atoms. The third-order valence-electron chi connectivity index (χ3n) is 15.9. The Morgan fingerprint density at radius 3 is 2.05 bits per heavy atom. The minimum atomic E-state index is -2.35. The smallest absolute Gasteiger partial charge is 0.338 e. The van der Waals surface area contributed by atoms with Gasteiger partial charge in [-0.15, -0.1) is 0 Å². The van der Waals surface area contributed by atoms with Crippen LogP contribution in [0.2, 0.25) is 36.3 Å². The fraction of sp³-hybridized carbons (Fsp3) is 0.739. The Morgan fingerprint density at radius 2 is 1.52 bits per heavy atom. The Labute approximate surface area is 350 Å². The van der Waals surface area contributed by atoms with Crippen molar-refractivity contribution in [2.75, 3.05) is 6.61 Å². The summed E-state index contributed by atoms with van der Waals surface area (Å²) in [6.07, 6.45) is -1.76. The van der Waals surface area contributed by atoms with E-state index in [-0.39, 0.29) is 25.4 Å². The van der Waals surface area contributed by atoms with Gasteiger partial charge in [-0.2, -0.15) is 0 Å². The van der Waals surface area contributed by atoms with Gasteiger partial charge in [0, 0.05) is 30.1 Å². The Kier molecular flexibility index (Phi) is 13.3. The summed E-state index contributed by atoms with van der Waals surface area (Å²) in [5.74, 6) is -1.77. The predicted molar refractivity (Wildman–Crippen MR) is 229 cm³/mol. The number of esters is 2. The molecule has 0 aromatic heterocycles. The third kappa shape index (κ3) is 7.07. The zero-order chi connectivity index (χ0) is 42.5. The van der Waals surface area contributed by atoms with Gasteiger partial charge in [0.1, 0.15) is 23.9 Å². The van der Waals surface area contributed by atoms with Crippen LogP contribution in [0.25, 0.3) is 0 Å². The van der Waals surface area contributed by atoms with Crippen LogP contribution >= 0.6 is 0 Å². The average molecular weight is 841 g/mol. The lowest BCUT2D eigenvalue weighted by atomic mass is 9.44. The van der Waals surface area contributed by atoms with E-state index < -0.39 is 93.5 Å². The van der Waals surface area contributed by atoms with E-state index in [2.05, 4.69) is 62.0 Å². The van der Waals surface area contributed by atoms with Gasteiger partial charge in [0.05, 0.1) is 36.4 Å². The first kappa shape index (κ1) is 45.4. The summed E-state index contributed by atoms with van der Waals surface area (Å²) < 4.78 is 49.3. The largest absolute Gasteiger partial charge is 0.455 e. The van der Waals surface area contributed by atoms with Gasteiger partial charge in [-0.25, -0.2) is 4.79 Å². The van der Waals surface area contributed by atoms with Crippen LogP contribution in [-0.2, 0) is 37.3 Å². The SMILES string of the molecule is C=CC1OC2C3=C(C)C(O[Si](CC)(CC)CC)CC(O)(C(OC(=O)c4ccccc4)C4C5(OC(=O)CCC)COC5CC(O[Si](CC)(CC)CC)[C@@]4(C)C2O1)C3(C)C. The lowest BCUT2D eigenvalue weighted by Gasteiger charge is -2.70. The molecule has 12 heteroatoms. The minimum Gasteiger partial charge on any atom is -0.455 e. The second-order valence-corrected chi connectivity index (χ2v) is 28.0. The van der Waals surface area contributed by atoms with Gasteiger partial charge >= 0.3 is 11.9 Å². The van der Waals surface area contributed by atoms with Crippen LogP contribution in [0.1, 0.15) is 112 Å². The van der Waals surface area contributed by atoms with Crippen molar-refractivity contribution in [2.45, 2.75) is 192 Å². The van der Waals surface area contributed by atoms with E-state index in [0.717, 1.165) is 47.4 Å². The van der Waals surface area contributed by atoms with Crippen LogP contribution in [0, 0.1) is 16.7 Å². The van der Waals surface area contributed by atoms with Crippen LogP contribution in [0.4, 0.5) is 0 Å². The molecule has 11 atom stereocenters. The molecule has 10 unspecified atom stereocenters. The zero-order valence-corrected chi connectivity index (χ0v) is 39.2. The lowest BCUT2D eigenvalue weighted by Crippen LogP contribution is -2.82. The highest BCUT2D eigenvalue weighted by Crippen LogP contribution is 2.67. The summed E-state index contributed by atoms with van der Waals surface area (Å²) in [6.45, 7) is 27.7. The van der Waals surface area contributed by atoms with E-state index in [9.17, 15) is 14.7 Å². The maximum Gasteiger partial charge on any atom is 0.338 e. The van der Waals surface area contributed by atoms with Gasteiger partial charge in [0.25, 0.3) is 0 Å². The molecule has 10 nitrogen and oxygen atoms in total. The van der Waals surface area contributed by atoms with Crippen molar-refractivity contribution >= 4 is 28.6 Å². The summed E-state index contributed by atoms with van der Waals surface area (Å²) in [5, 5.41) is 14.2. The molecule has 2 saturated carbocycles. The van der Waals surface area contributed by atoms with E-state index in [4.69, 9.17) is 32.5 Å². The average Bonchev–Trinajstić information content (AvgIpc) is 3.65. The van der Waals surface area contributed by atoms with Crippen molar-refractivity contribution in [1.29, 1.82) is 0 Å². The third-order valence-corrected chi connectivity index (χ3v) is 25.2. The number of fused-ring (bicyclic) bond motifs is 8. The summed E-state index contributed by atoms with van der Waals surface area (Å²) >= 11 is 0. The van der Waals surface area contributed by atoms with Crippen molar-refractivity contribution in [1.82, 2.24) is 0 Å². The molecular weight excluding hydrogens is 769 g/mol. The maximum absolute atomic E-state index is 14.7. The van der Waals surface area contributed by atoms with E-state index >= 15 is 0 Å². The minimum absolute atomic E-state index is 0.0796. The first-order valence-corrected chi connectivity index (χ1v) is 27.4. The number of hydrogen-bond donors (Lipinski definition) is 1. The Morgan fingerprint density at radius 1 is 0.914 bits per heavy atom. The van der Waals surface area contributed by atoms with Crippen LogP contribution in [0.3, 0.4) is 0 Å². The van der Waals surface area contributed by atoms with Crippen LogP contribution in [0.15, 0.2) is 54.1 Å².